The van der Waals surface area contributed by atoms with Gasteiger partial charge in [-0.2, -0.15) is 0 Å². The van der Waals surface area contributed by atoms with Gasteiger partial charge in [-0.25, -0.2) is 4.98 Å². The lowest BCUT2D eigenvalue weighted by Crippen LogP contribution is -2.25. The summed E-state index contributed by atoms with van der Waals surface area (Å²) in [5, 5.41) is 0. The first-order valence-electron chi connectivity index (χ1n) is 4.87. The smallest absolute Gasteiger partial charge is 0.252 e. The van der Waals surface area contributed by atoms with Gasteiger partial charge in [-0.1, -0.05) is 0 Å². The molecule has 0 spiro atoms. The number of hydrogen-bond donors (Lipinski definition) is 2. The number of anilines is 2. The second-order valence-corrected chi connectivity index (χ2v) is 3.85. The Balaban J connectivity index is 2.40. The zero-order chi connectivity index (χ0) is 11.0. The number of nitrogen functional groups attached to an aromatic ring is 1. The van der Waals surface area contributed by atoms with Crippen LogP contribution >= 0.6 is 0 Å². The summed E-state index contributed by atoms with van der Waals surface area (Å²) in [4.78, 5) is 17.4. The van der Waals surface area contributed by atoms with Gasteiger partial charge in [0.05, 0.1) is 17.4 Å². The van der Waals surface area contributed by atoms with Crippen molar-refractivity contribution in [2.45, 2.75) is 18.9 Å². The molecule has 0 aromatic carbocycles. The lowest BCUT2D eigenvalue weighted by Gasteiger charge is -2.19. The Hall–Kier alpha value is -1.78. The summed E-state index contributed by atoms with van der Waals surface area (Å²) in [7, 11) is 1.92. The lowest BCUT2D eigenvalue weighted by molar-refractivity contribution is 0.100. The SMILES string of the molecule is CN(c1ncc(N)cc1C(N)=O)C1CC1. The first-order chi connectivity index (χ1) is 7.09. The molecule has 0 unspecified atom stereocenters. The highest BCUT2D eigenvalue weighted by Gasteiger charge is 2.29. The van der Waals surface area contributed by atoms with Crippen molar-refractivity contribution in [2.24, 2.45) is 5.73 Å². The van der Waals surface area contributed by atoms with E-state index in [2.05, 4.69) is 4.98 Å². The maximum atomic E-state index is 11.2. The molecule has 5 heteroatoms. The average Bonchev–Trinajstić information content (AvgIpc) is 2.99. The third kappa shape index (κ3) is 1.86. The van der Waals surface area contributed by atoms with Crippen molar-refractivity contribution in [3.63, 3.8) is 0 Å². The predicted molar refractivity (Wildman–Crippen MR) is 58.6 cm³/mol. The Kier molecular flexibility index (Phi) is 2.22. The van der Waals surface area contributed by atoms with Crippen LogP contribution in [-0.4, -0.2) is 24.0 Å². The zero-order valence-corrected chi connectivity index (χ0v) is 8.60. The molecular weight excluding hydrogens is 192 g/mol. The molecule has 1 aliphatic carbocycles. The van der Waals surface area contributed by atoms with E-state index < -0.39 is 5.91 Å². The van der Waals surface area contributed by atoms with Crippen molar-refractivity contribution in [2.75, 3.05) is 17.7 Å². The van der Waals surface area contributed by atoms with Gasteiger partial charge in [0.2, 0.25) is 0 Å². The van der Waals surface area contributed by atoms with Gasteiger partial charge in [0, 0.05) is 13.1 Å². The van der Waals surface area contributed by atoms with Gasteiger partial charge in [-0.15, -0.1) is 0 Å². The quantitative estimate of drug-likeness (QED) is 0.747. The fourth-order valence-electron chi connectivity index (χ4n) is 1.57. The molecule has 1 aromatic rings. The van der Waals surface area contributed by atoms with Gasteiger partial charge < -0.3 is 16.4 Å². The van der Waals surface area contributed by atoms with Crippen LogP contribution in [0.1, 0.15) is 23.2 Å². The Morgan fingerprint density at radius 2 is 2.27 bits per heavy atom. The number of nitrogens with two attached hydrogens (primary N) is 2. The molecule has 1 aromatic heterocycles. The molecule has 15 heavy (non-hydrogen) atoms. The molecule has 0 atom stereocenters. The number of aromatic nitrogens is 1. The topological polar surface area (TPSA) is 85.2 Å². The van der Waals surface area contributed by atoms with Gasteiger partial charge in [0.15, 0.2) is 0 Å². The number of amides is 1. The van der Waals surface area contributed by atoms with Crippen molar-refractivity contribution >= 4 is 17.4 Å². The second kappa shape index (κ2) is 3.42. The number of primary amides is 1. The Morgan fingerprint density at radius 3 is 2.80 bits per heavy atom. The van der Waals surface area contributed by atoms with Crippen LogP contribution in [-0.2, 0) is 0 Å². The Labute approximate surface area is 88.1 Å². The number of nitrogens with zero attached hydrogens (tertiary/aromatic N) is 2. The third-order valence-electron chi connectivity index (χ3n) is 2.58. The van der Waals surface area contributed by atoms with Crippen molar-refractivity contribution in [1.82, 2.24) is 4.98 Å². The summed E-state index contributed by atoms with van der Waals surface area (Å²) >= 11 is 0. The lowest BCUT2D eigenvalue weighted by atomic mass is 10.2. The molecule has 80 valence electrons. The minimum absolute atomic E-state index is 0.393. The summed E-state index contributed by atoms with van der Waals surface area (Å²) in [5.74, 6) is 0.136. The van der Waals surface area contributed by atoms with Gasteiger partial charge >= 0.3 is 0 Å². The molecule has 1 fully saturated rings. The van der Waals surface area contributed by atoms with Crippen LogP contribution in [0.15, 0.2) is 12.3 Å². The molecule has 1 heterocycles. The number of carbonyl (C=O) groups is 1. The molecule has 1 aliphatic rings. The van der Waals surface area contributed by atoms with E-state index in [1.54, 1.807) is 12.3 Å². The Bertz CT molecular complexity index is 400. The maximum Gasteiger partial charge on any atom is 0.252 e. The standard InChI is InChI=1S/C10H14N4O/c1-14(7-2-3-7)10-8(9(12)15)4-6(11)5-13-10/h4-5,7H,2-3,11H2,1H3,(H2,12,15). The van der Waals surface area contributed by atoms with Crippen molar-refractivity contribution in [1.29, 1.82) is 0 Å². The summed E-state index contributed by atoms with van der Waals surface area (Å²) in [6.07, 6.45) is 3.82. The van der Waals surface area contributed by atoms with Crippen LogP contribution in [0, 0.1) is 0 Å². The van der Waals surface area contributed by atoms with Gasteiger partial charge in [0.25, 0.3) is 5.91 Å². The first-order valence-corrected chi connectivity index (χ1v) is 4.87. The van der Waals surface area contributed by atoms with Gasteiger partial charge in [-0.3, -0.25) is 4.79 Å². The molecule has 1 amide bonds. The van der Waals surface area contributed by atoms with Crippen molar-refractivity contribution < 1.29 is 4.79 Å². The highest BCUT2D eigenvalue weighted by Crippen LogP contribution is 2.31. The zero-order valence-electron chi connectivity index (χ0n) is 8.60. The normalized spacial score (nSPS) is 15.0. The second-order valence-electron chi connectivity index (χ2n) is 3.85. The van der Waals surface area contributed by atoms with Crippen LogP contribution < -0.4 is 16.4 Å². The number of carbonyl (C=O) groups excluding carboxylic acids is 1. The molecule has 1 saturated carbocycles. The monoisotopic (exact) mass is 206 g/mol. The van der Waals surface area contributed by atoms with Crippen LogP contribution in [0.4, 0.5) is 11.5 Å². The summed E-state index contributed by atoms with van der Waals surface area (Å²) in [6, 6.07) is 2.06. The number of pyridine rings is 1. The van der Waals surface area contributed by atoms with Gasteiger partial charge in [-0.05, 0) is 18.9 Å². The van der Waals surface area contributed by atoms with E-state index in [-0.39, 0.29) is 0 Å². The maximum absolute atomic E-state index is 11.2. The Morgan fingerprint density at radius 1 is 1.60 bits per heavy atom. The molecule has 4 N–H and O–H groups in total. The van der Waals surface area contributed by atoms with E-state index in [4.69, 9.17) is 11.5 Å². The first kappa shape index (κ1) is 9.76. The van der Waals surface area contributed by atoms with Gasteiger partial charge in [0.1, 0.15) is 5.82 Å². The molecule has 5 nitrogen and oxygen atoms in total. The van der Waals surface area contributed by atoms with E-state index in [9.17, 15) is 4.79 Å². The molecule has 0 saturated heterocycles. The van der Waals surface area contributed by atoms with E-state index in [1.165, 1.54) is 0 Å². The summed E-state index contributed by atoms with van der Waals surface area (Å²) in [6.45, 7) is 0. The highest BCUT2D eigenvalue weighted by atomic mass is 16.1. The van der Waals surface area contributed by atoms with Crippen LogP contribution in [0.5, 0.6) is 0 Å². The highest BCUT2D eigenvalue weighted by molar-refractivity contribution is 5.98. The van der Waals surface area contributed by atoms with Crippen molar-refractivity contribution in [3.05, 3.63) is 17.8 Å². The fourth-order valence-corrected chi connectivity index (χ4v) is 1.57. The molecule has 2 rings (SSSR count). The van der Waals surface area contributed by atoms with Crippen LogP contribution in [0.25, 0.3) is 0 Å². The fraction of sp³-hybridized carbons (Fsp3) is 0.400. The molecular formula is C10H14N4O. The van der Waals surface area contributed by atoms with E-state index in [1.807, 2.05) is 11.9 Å². The molecule has 0 radical (unpaired) electrons. The minimum atomic E-state index is -0.489. The molecule has 0 aliphatic heterocycles. The van der Waals surface area contributed by atoms with E-state index in [0.717, 1.165) is 12.8 Å². The van der Waals surface area contributed by atoms with E-state index >= 15 is 0 Å². The minimum Gasteiger partial charge on any atom is -0.397 e. The van der Waals surface area contributed by atoms with Crippen LogP contribution in [0.3, 0.4) is 0 Å². The average molecular weight is 206 g/mol. The summed E-state index contributed by atoms with van der Waals surface area (Å²) < 4.78 is 0. The largest absolute Gasteiger partial charge is 0.397 e. The third-order valence-corrected chi connectivity index (χ3v) is 2.58. The number of rotatable bonds is 3. The van der Waals surface area contributed by atoms with Crippen molar-refractivity contribution in [3.8, 4) is 0 Å². The number of hydrogen-bond acceptors (Lipinski definition) is 4. The molecule has 0 bridgehead atoms. The van der Waals surface area contributed by atoms with E-state index in [0.29, 0.717) is 23.1 Å². The predicted octanol–water partition coefficient (Wildman–Crippen LogP) is 0.361. The van der Waals surface area contributed by atoms with Crippen LogP contribution in [0.2, 0.25) is 0 Å². The summed E-state index contributed by atoms with van der Waals surface area (Å²) in [5.41, 5.74) is 11.7.